The summed E-state index contributed by atoms with van der Waals surface area (Å²) in [5.41, 5.74) is 2.55. The van der Waals surface area contributed by atoms with Gasteiger partial charge in [-0.2, -0.15) is 0 Å². The molecule has 2 aromatic rings. The zero-order valence-electron chi connectivity index (χ0n) is 14.6. The predicted molar refractivity (Wildman–Crippen MR) is 96.6 cm³/mol. The number of hydrogen-bond acceptors (Lipinski definition) is 8. The molecular formula is C18H18N2O5S. The predicted octanol–water partition coefficient (Wildman–Crippen LogP) is 2.51. The van der Waals surface area contributed by atoms with E-state index in [4.69, 9.17) is 14.2 Å². The van der Waals surface area contributed by atoms with Crippen LogP contribution in [0, 0.1) is 6.92 Å². The molecule has 26 heavy (non-hydrogen) atoms. The lowest BCUT2D eigenvalue weighted by Crippen LogP contribution is -2.39. The summed E-state index contributed by atoms with van der Waals surface area (Å²) in [6.45, 7) is 2.01. The van der Waals surface area contributed by atoms with Crippen molar-refractivity contribution in [1.82, 2.24) is 4.98 Å². The van der Waals surface area contributed by atoms with Gasteiger partial charge in [0.15, 0.2) is 0 Å². The van der Waals surface area contributed by atoms with Gasteiger partial charge >= 0.3 is 11.9 Å². The first-order valence-corrected chi connectivity index (χ1v) is 8.71. The largest absolute Gasteiger partial charge is 0.466 e. The van der Waals surface area contributed by atoms with E-state index in [1.54, 1.807) is 4.90 Å². The summed E-state index contributed by atoms with van der Waals surface area (Å²) in [7, 11) is 2.53. The summed E-state index contributed by atoms with van der Waals surface area (Å²) >= 11 is 1.54. The summed E-state index contributed by atoms with van der Waals surface area (Å²) in [5, 5.41) is 2.88. The lowest BCUT2D eigenvalue weighted by molar-refractivity contribution is -0.140. The third-order valence-corrected chi connectivity index (χ3v) is 4.70. The quantitative estimate of drug-likeness (QED) is 0.761. The summed E-state index contributed by atoms with van der Waals surface area (Å²) in [4.78, 5) is 30.7. The summed E-state index contributed by atoms with van der Waals surface area (Å²) in [6.07, 6.45) is 0. The van der Waals surface area contributed by atoms with E-state index in [1.807, 2.05) is 36.6 Å². The summed E-state index contributed by atoms with van der Waals surface area (Å²) < 4.78 is 15.2. The van der Waals surface area contributed by atoms with E-state index in [2.05, 4.69) is 4.98 Å². The molecule has 0 amide bonds. The number of ether oxygens (including phenoxy) is 3. The topological polar surface area (TPSA) is 78.0 Å². The monoisotopic (exact) mass is 374 g/mol. The van der Waals surface area contributed by atoms with Crippen molar-refractivity contribution in [3.8, 4) is 11.3 Å². The second kappa shape index (κ2) is 7.67. The third kappa shape index (κ3) is 3.33. The van der Waals surface area contributed by atoms with E-state index < -0.39 is 11.9 Å². The van der Waals surface area contributed by atoms with Crippen LogP contribution in [0.15, 0.2) is 40.9 Å². The second-order valence-electron chi connectivity index (χ2n) is 5.48. The molecule has 1 aliphatic rings. The number of carbonyl (C=O) groups is 2. The standard InChI is InChI=1S/C18H18N2O5S/c1-11-19-14(9-26-11)12-6-4-5-7-15(12)20-10-25-8-13(17(21)23-2)16(20)18(22)24-3/h4-7,9H,8,10H2,1-3H3. The van der Waals surface area contributed by atoms with E-state index in [0.29, 0.717) is 5.69 Å². The maximum absolute atomic E-state index is 12.4. The molecule has 0 fully saturated rings. The van der Waals surface area contributed by atoms with Gasteiger partial charge in [0.05, 0.1) is 42.8 Å². The number of esters is 2. The summed E-state index contributed by atoms with van der Waals surface area (Å²) in [6, 6.07) is 7.49. The number of nitrogens with zero attached hydrogens (tertiary/aromatic N) is 2. The van der Waals surface area contributed by atoms with Crippen molar-refractivity contribution >= 4 is 29.0 Å². The Balaban J connectivity index is 2.16. The van der Waals surface area contributed by atoms with Gasteiger partial charge in [0.2, 0.25) is 0 Å². The first-order chi connectivity index (χ1) is 12.6. The number of para-hydroxylation sites is 1. The van der Waals surface area contributed by atoms with Crippen LogP contribution in [0.3, 0.4) is 0 Å². The van der Waals surface area contributed by atoms with Crippen molar-refractivity contribution in [2.75, 3.05) is 32.5 Å². The van der Waals surface area contributed by atoms with Crippen molar-refractivity contribution in [2.24, 2.45) is 0 Å². The molecule has 0 unspecified atom stereocenters. The minimum Gasteiger partial charge on any atom is -0.466 e. The Morgan fingerprint density at radius 3 is 2.58 bits per heavy atom. The fourth-order valence-corrected chi connectivity index (χ4v) is 3.36. The van der Waals surface area contributed by atoms with Crippen LogP contribution in [0.25, 0.3) is 11.3 Å². The minimum atomic E-state index is -0.628. The maximum atomic E-state index is 12.4. The van der Waals surface area contributed by atoms with Crippen LogP contribution in [0.5, 0.6) is 0 Å². The van der Waals surface area contributed by atoms with E-state index in [-0.39, 0.29) is 24.6 Å². The van der Waals surface area contributed by atoms with Crippen LogP contribution in [0.2, 0.25) is 0 Å². The molecule has 0 saturated carbocycles. The number of hydrogen-bond donors (Lipinski definition) is 0. The highest BCUT2D eigenvalue weighted by Gasteiger charge is 2.33. The average Bonchev–Trinajstić information content (AvgIpc) is 3.12. The van der Waals surface area contributed by atoms with Gasteiger partial charge in [-0.15, -0.1) is 11.3 Å². The smallest absolute Gasteiger partial charge is 0.355 e. The number of anilines is 1. The van der Waals surface area contributed by atoms with Gasteiger partial charge in [0, 0.05) is 10.9 Å². The molecule has 2 heterocycles. The fraction of sp³-hybridized carbons (Fsp3) is 0.278. The molecule has 3 rings (SSSR count). The van der Waals surface area contributed by atoms with Crippen LogP contribution in [0.4, 0.5) is 5.69 Å². The molecule has 0 spiro atoms. The molecule has 1 aromatic heterocycles. The van der Waals surface area contributed by atoms with Crippen molar-refractivity contribution < 1.29 is 23.8 Å². The summed E-state index contributed by atoms with van der Waals surface area (Å²) in [5.74, 6) is -1.25. The second-order valence-corrected chi connectivity index (χ2v) is 6.55. The Labute approximate surface area is 154 Å². The fourth-order valence-electron chi connectivity index (χ4n) is 2.75. The first-order valence-electron chi connectivity index (χ1n) is 7.83. The van der Waals surface area contributed by atoms with Gasteiger partial charge in [-0.3, -0.25) is 0 Å². The zero-order chi connectivity index (χ0) is 18.7. The van der Waals surface area contributed by atoms with Crippen LogP contribution < -0.4 is 4.90 Å². The highest BCUT2D eigenvalue weighted by molar-refractivity contribution is 7.09. The Morgan fingerprint density at radius 1 is 1.19 bits per heavy atom. The van der Waals surface area contributed by atoms with E-state index in [1.165, 1.54) is 25.6 Å². The molecule has 0 saturated heterocycles. The lowest BCUT2D eigenvalue weighted by atomic mass is 10.1. The zero-order valence-corrected chi connectivity index (χ0v) is 15.5. The third-order valence-electron chi connectivity index (χ3n) is 3.92. The van der Waals surface area contributed by atoms with Gasteiger partial charge in [0.1, 0.15) is 12.4 Å². The van der Waals surface area contributed by atoms with Crippen molar-refractivity contribution in [1.29, 1.82) is 0 Å². The Hall–Kier alpha value is -2.71. The molecule has 0 atom stereocenters. The van der Waals surface area contributed by atoms with E-state index in [0.717, 1.165) is 16.3 Å². The van der Waals surface area contributed by atoms with Gasteiger partial charge in [0.25, 0.3) is 0 Å². The molecule has 7 nitrogen and oxygen atoms in total. The van der Waals surface area contributed by atoms with Gasteiger partial charge in [-0.25, -0.2) is 14.6 Å². The first kappa shape index (κ1) is 18.1. The van der Waals surface area contributed by atoms with Crippen LogP contribution in [0.1, 0.15) is 5.01 Å². The number of aryl methyl sites for hydroxylation is 1. The highest BCUT2D eigenvalue weighted by Crippen LogP contribution is 2.35. The molecule has 0 bridgehead atoms. The van der Waals surface area contributed by atoms with Crippen molar-refractivity contribution in [3.63, 3.8) is 0 Å². The molecule has 0 radical (unpaired) electrons. The SMILES string of the molecule is COC(=O)C1=C(C(=O)OC)N(c2ccccc2-c2csc(C)n2)COC1. The average molecular weight is 374 g/mol. The van der Waals surface area contributed by atoms with Crippen LogP contribution >= 0.6 is 11.3 Å². The molecule has 136 valence electrons. The molecule has 1 aliphatic heterocycles. The Morgan fingerprint density at radius 2 is 1.92 bits per heavy atom. The highest BCUT2D eigenvalue weighted by atomic mass is 32.1. The number of carbonyl (C=O) groups excluding carboxylic acids is 2. The van der Waals surface area contributed by atoms with Gasteiger partial charge < -0.3 is 19.1 Å². The number of thiazole rings is 1. The number of methoxy groups -OCH3 is 2. The molecular weight excluding hydrogens is 356 g/mol. The number of aromatic nitrogens is 1. The normalized spacial score (nSPS) is 14.3. The lowest BCUT2D eigenvalue weighted by Gasteiger charge is -2.32. The number of benzene rings is 1. The molecule has 0 aliphatic carbocycles. The van der Waals surface area contributed by atoms with Gasteiger partial charge in [-0.1, -0.05) is 18.2 Å². The molecule has 1 aromatic carbocycles. The van der Waals surface area contributed by atoms with Crippen LogP contribution in [-0.2, 0) is 23.8 Å². The van der Waals surface area contributed by atoms with Crippen molar-refractivity contribution in [2.45, 2.75) is 6.92 Å². The minimum absolute atomic E-state index is 0.0222. The molecule has 8 heteroatoms. The number of rotatable bonds is 4. The van der Waals surface area contributed by atoms with Crippen LogP contribution in [-0.4, -0.2) is 44.5 Å². The maximum Gasteiger partial charge on any atom is 0.355 e. The van der Waals surface area contributed by atoms with Gasteiger partial charge in [-0.05, 0) is 13.0 Å². The van der Waals surface area contributed by atoms with E-state index in [9.17, 15) is 9.59 Å². The Kier molecular flexibility index (Phi) is 5.34. The Bertz CT molecular complexity index is 874. The van der Waals surface area contributed by atoms with Crippen molar-refractivity contribution in [3.05, 3.63) is 45.9 Å². The molecule has 0 N–H and O–H groups in total. The van der Waals surface area contributed by atoms with E-state index >= 15 is 0 Å².